The molecule has 1 heterocycles. The fourth-order valence-electron chi connectivity index (χ4n) is 2.64. The molecule has 2 atom stereocenters. The monoisotopic (exact) mass is 280 g/mol. The molecule has 0 aliphatic heterocycles. The van der Waals surface area contributed by atoms with Crippen LogP contribution in [0, 0.1) is 11.7 Å². The highest BCUT2D eigenvalue weighted by Gasteiger charge is 2.24. The van der Waals surface area contributed by atoms with Gasteiger partial charge in [-0.25, -0.2) is 9.37 Å². The molecule has 5 heteroatoms. The molecule has 102 valence electrons. The average molecular weight is 280 g/mol. The number of hydrogen-bond acceptors (Lipinski definition) is 4. The molecule has 2 N–H and O–H groups in total. The molecule has 1 aliphatic rings. The third kappa shape index (κ3) is 2.94. The first-order valence-corrected chi connectivity index (χ1v) is 7.48. The number of rotatable bonds is 4. The first-order valence-electron chi connectivity index (χ1n) is 6.66. The molecule has 1 saturated carbocycles. The van der Waals surface area contributed by atoms with Gasteiger partial charge in [0.25, 0.3) is 0 Å². The van der Waals surface area contributed by atoms with Crippen molar-refractivity contribution in [2.24, 2.45) is 5.92 Å². The van der Waals surface area contributed by atoms with Gasteiger partial charge in [-0.3, -0.25) is 0 Å². The van der Waals surface area contributed by atoms with E-state index in [4.69, 9.17) is 0 Å². The minimum absolute atomic E-state index is 0.156. The van der Waals surface area contributed by atoms with Gasteiger partial charge in [0.15, 0.2) is 0 Å². The molecule has 1 fully saturated rings. The highest BCUT2D eigenvalue weighted by Crippen LogP contribution is 2.25. The quantitative estimate of drug-likeness (QED) is 0.905. The molecule has 19 heavy (non-hydrogen) atoms. The largest absolute Gasteiger partial charge is 0.393 e. The zero-order valence-electron chi connectivity index (χ0n) is 10.6. The maximum absolute atomic E-state index is 13.1. The van der Waals surface area contributed by atoms with E-state index in [2.05, 4.69) is 10.3 Å². The summed E-state index contributed by atoms with van der Waals surface area (Å²) in [6, 6.07) is 4.68. The summed E-state index contributed by atoms with van der Waals surface area (Å²) >= 11 is 1.52. The van der Waals surface area contributed by atoms with Crippen LogP contribution in [0.4, 0.5) is 4.39 Å². The van der Waals surface area contributed by atoms with Crippen LogP contribution in [-0.4, -0.2) is 22.7 Å². The molecule has 3 nitrogen and oxygen atoms in total. The molecular formula is C14H17FN2OS. The summed E-state index contributed by atoms with van der Waals surface area (Å²) in [4.78, 5) is 4.46. The van der Waals surface area contributed by atoms with Gasteiger partial charge in [-0.1, -0.05) is 6.42 Å². The van der Waals surface area contributed by atoms with Crippen LogP contribution in [-0.2, 0) is 6.54 Å². The SMILES string of the molecule is O[C@H]1CCC[C@@H]1CNCc1nc2ccc(F)cc2s1. The number of nitrogens with one attached hydrogen (secondary N) is 1. The Hall–Kier alpha value is -1.04. The Labute approximate surface area is 115 Å². The predicted molar refractivity (Wildman–Crippen MR) is 74.6 cm³/mol. The lowest BCUT2D eigenvalue weighted by Crippen LogP contribution is -2.27. The van der Waals surface area contributed by atoms with Crippen molar-refractivity contribution >= 4 is 21.6 Å². The van der Waals surface area contributed by atoms with Crippen molar-refractivity contribution in [3.05, 3.63) is 29.0 Å². The van der Waals surface area contributed by atoms with Crippen LogP contribution in [0.1, 0.15) is 24.3 Å². The van der Waals surface area contributed by atoms with E-state index in [0.29, 0.717) is 12.5 Å². The minimum Gasteiger partial charge on any atom is -0.393 e. The maximum Gasteiger partial charge on any atom is 0.124 e. The van der Waals surface area contributed by atoms with Crippen LogP contribution in [0.2, 0.25) is 0 Å². The van der Waals surface area contributed by atoms with Gasteiger partial charge in [0.05, 0.1) is 16.3 Å². The van der Waals surface area contributed by atoms with E-state index < -0.39 is 0 Å². The Balaban J connectivity index is 1.59. The summed E-state index contributed by atoms with van der Waals surface area (Å²) in [6.07, 6.45) is 2.98. The van der Waals surface area contributed by atoms with E-state index in [1.807, 2.05) is 0 Å². The van der Waals surface area contributed by atoms with Crippen LogP contribution in [0.15, 0.2) is 18.2 Å². The molecule has 2 aromatic rings. The topological polar surface area (TPSA) is 45.1 Å². The van der Waals surface area contributed by atoms with Crippen LogP contribution in [0.25, 0.3) is 10.2 Å². The number of nitrogens with zero attached hydrogens (tertiary/aromatic N) is 1. The summed E-state index contributed by atoms with van der Waals surface area (Å²) in [7, 11) is 0. The van der Waals surface area contributed by atoms with Crippen molar-refractivity contribution in [1.29, 1.82) is 0 Å². The Morgan fingerprint density at radius 3 is 3.11 bits per heavy atom. The van der Waals surface area contributed by atoms with Crippen molar-refractivity contribution in [1.82, 2.24) is 10.3 Å². The zero-order valence-corrected chi connectivity index (χ0v) is 11.4. The van der Waals surface area contributed by atoms with Gasteiger partial charge in [0, 0.05) is 13.1 Å². The van der Waals surface area contributed by atoms with E-state index >= 15 is 0 Å². The number of hydrogen-bond donors (Lipinski definition) is 2. The Bertz CT molecular complexity index is 572. The molecule has 0 saturated heterocycles. The van der Waals surface area contributed by atoms with Gasteiger partial charge in [-0.2, -0.15) is 0 Å². The fraction of sp³-hybridized carbons (Fsp3) is 0.500. The molecule has 0 amide bonds. The van der Waals surface area contributed by atoms with E-state index in [-0.39, 0.29) is 11.9 Å². The standard InChI is InChI=1S/C14H17FN2OS/c15-10-4-5-11-13(6-10)19-14(17-11)8-16-7-9-2-1-3-12(9)18/h4-6,9,12,16,18H,1-3,7-8H2/t9-,12+/m1/s1. The third-order valence-corrected chi connectivity index (χ3v) is 4.71. The van der Waals surface area contributed by atoms with Gasteiger partial charge in [-0.15, -0.1) is 11.3 Å². The molecule has 3 rings (SSSR count). The van der Waals surface area contributed by atoms with Gasteiger partial charge in [-0.05, 0) is 37.0 Å². The van der Waals surface area contributed by atoms with Gasteiger partial charge < -0.3 is 10.4 Å². The van der Waals surface area contributed by atoms with E-state index in [1.165, 1.54) is 23.5 Å². The smallest absolute Gasteiger partial charge is 0.124 e. The zero-order chi connectivity index (χ0) is 13.2. The van der Waals surface area contributed by atoms with Crippen molar-refractivity contribution < 1.29 is 9.50 Å². The molecule has 0 unspecified atom stereocenters. The fourth-order valence-corrected chi connectivity index (χ4v) is 3.60. The molecule has 0 bridgehead atoms. The van der Waals surface area contributed by atoms with E-state index in [0.717, 1.165) is 41.0 Å². The number of aromatic nitrogens is 1. The van der Waals surface area contributed by atoms with E-state index in [1.54, 1.807) is 6.07 Å². The normalized spacial score (nSPS) is 23.3. The van der Waals surface area contributed by atoms with Gasteiger partial charge in [0.1, 0.15) is 10.8 Å². The number of benzene rings is 1. The van der Waals surface area contributed by atoms with Crippen molar-refractivity contribution in [2.75, 3.05) is 6.54 Å². The lowest BCUT2D eigenvalue weighted by Gasteiger charge is -2.14. The Morgan fingerprint density at radius 1 is 1.42 bits per heavy atom. The number of fused-ring (bicyclic) bond motifs is 1. The van der Waals surface area contributed by atoms with Crippen molar-refractivity contribution in [2.45, 2.75) is 31.9 Å². The predicted octanol–water partition coefficient (Wildman–Crippen LogP) is 2.69. The first kappa shape index (κ1) is 13.0. The highest BCUT2D eigenvalue weighted by atomic mass is 32.1. The highest BCUT2D eigenvalue weighted by molar-refractivity contribution is 7.18. The number of thiazole rings is 1. The van der Waals surface area contributed by atoms with Gasteiger partial charge >= 0.3 is 0 Å². The second-order valence-corrected chi connectivity index (χ2v) is 6.22. The molecular weight excluding hydrogens is 263 g/mol. The van der Waals surface area contributed by atoms with E-state index in [9.17, 15) is 9.50 Å². The lowest BCUT2D eigenvalue weighted by atomic mass is 10.1. The minimum atomic E-state index is -0.218. The third-order valence-electron chi connectivity index (χ3n) is 3.70. The summed E-state index contributed by atoms with van der Waals surface area (Å²) in [5, 5.41) is 14.0. The van der Waals surface area contributed by atoms with Crippen LogP contribution >= 0.6 is 11.3 Å². The van der Waals surface area contributed by atoms with Crippen LogP contribution in [0.5, 0.6) is 0 Å². The molecule has 1 aliphatic carbocycles. The molecule has 1 aromatic carbocycles. The number of aliphatic hydroxyl groups is 1. The average Bonchev–Trinajstić information content (AvgIpc) is 2.95. The lowest BCUT2D eigenvalue weighted by molar-refractivity contribution is 0.131. The van der Waals surface area contributed by atoms with Gasteiger partial charge in [0.2, 0.25) is 0 Å². The summed E-state index contributed by atoms with van der Waals surface area (Å²) in [5.74, 6) is 0.150. The maximum atomic E-state index is 13.1. The molecule has 1 aromatic heterocycles. The Morgan fingerprint density at radius 2 is 2.32 bits per heavy atom. The molecule has 0 spiro atoms. The second-order valence-electron chi connectivity index (χ2n) is 5.11. The van der Waals surface area contributed by atoms with Crippen molar-refractivity contribution in [3.8, 4) is 0 Å². The Kier molecular flexibility index (Phi) is 3.77. The number of halogens is 1. The summed E-state index contributed by atoms with van der Waals surface area (Å²) < 4.78 is 14.0. The summed E-state index contributed by atoms with van der Waals surface area (Å²) in [5.41, 5.74) is 0.851. The molecule has 0 radical (unpaired) electrons. The van der Waals surface area contributed by atoms with Crippen molar-refractivity contribution in [3.63, 3.8) is 0 Å². The van der Waals surface area contributed by atoms with Crippen LogP contribution in [0.3, 0.4) is 0 Å². The number of aliphatic hydroxyl groups excluding tert-OH is 1. The second kappa shape index (κ2) is 5.53. The first-order chi connectivity index (χ1) is 9.22. The van der Waals surface area contributed by atoms with Crippen LogP contribution < -0.4 is 5.32 Å². The summed E-state index contributed by atoms with van der Waals surface area (Å²) in [6.45, 7) is 1.51.